The Morgan fingerprint density at radius 3 is 3.06 bits per heavy atom. The number of hydrogen-bond donors (Lipinski definition) is 1. The van der Waals surface area contributed by atoms with Gasteiger partial charge in [0, 0.05) is 19.1 Å². The van der Waals surface area contributed by atoms with Crippen molar-refractivity contribution in [3.63, 3.8) is 0 Å². The first-order valence-electron chi connectivity index (χ1n) is 6.71. The number of nitrogens with zero attached hydrogens (tertiary/aromatic N) is 2. The number of para-hydroxylation sites is 1. The Bertz CT molecular complexity index is 483. The fourth-order valence-corrected chi connectivity index (χ4v) is 3.73. The first-order valence-corrected chi connectivity index (χ1v) is 7.53. The third-order valence-electron chi connectivity index (χ3n) is 3.58. The summed E-state index contributed by atoms with van der Waals surface area (Å²) in [6.45, 7) is 5.50. The van der Waals surface area contributed by atoms with Crippen molar-refractivity contribution >= 4 is 26.7 Å². The molecular weight excluding hydrogens is 242 g/mol. The van der Waals surface area contributed by atoms with Crippen LogP contribution >= 0.6 is 11.3 Å². The predicted molar refractivity (Wildman–Crippen MR) is 78.5 cm³/mol. The number of fused-ring (bicyclic) bond motifs is 1. The maximum atomic E-state index is 4.78. The maximum absolute atomic E-state index is 4.78. The van der Waals surface area contributed by atoms with Crippen LogP contribution in [0.2, 0.25) is 0 Å². The standard InChI is InChI=1S/C14H19N3S/c1-2-17(11-6-5-9-15-10-11)14-16-12-7-3-4-8-13(12)18-14/h3-4,7-8,11,15H,2,5-6,9-10H2,1H3. The quantitative estimate of drug-likeness (QED) is 0.921. The van der Waals surface area contributed by atoms with Gasteiger partial charge in [-0.05, 0) is 38.4 Å². The van der Waals surface area contributed by atoms with Gasteiger partial charge in [-0.1, -0.05) is 23.5 Å². The van der Waals surface area contributed by atoms with E-state index < -0.39 is 0 Å². The second kappa shape index (κ2) is 5.24. The zero-order chi connectivity index (χ0) is 12.4. The van der Waals surface area contributed by atoms with Gasteiger partial charge >= 0.3 is 0 Å². The molecule has 2 heterocycles. The molecule has 0 radical (unpaired) electrons. The molecule has 1 aliphatic rings. The topological polar surface area (TPSA) is 28.2 Å². The highest BCUT2D eigenvalue weighted by Crippen LogP contribution is 2.30. The van der Waals surface area contributed by atoms with E-state index in [0.717, 1.165) is 25.2 Å². The molecule has 1 N–H and O–H groups in total. The zero-order valence-electron chi connectivity index (χ0n) is 10.7. The molecule has 0 saturated carbocycles. The van der Waals surface area contributed by atoms with E-state index in [-0.39, 0.29) is 0 Å². The van der Waals surface area contributed by atoms with Crippen LogP contribution in [-0.4, -0.2) is 30.7 Å². The lowest BCUT2D eigenvalue weighted by molar-refractivity contribution is 0.435. The second-order valence-corrected chi connectivity index (χ2v) is 5.76. The van der Waals surface area contributed by atoms with Gasteiger partial charge in [0.15, 0.2) is 5.13 Å². The summed E-state index contributed by atoms with van der Waals surface area (Å²) in [6, 6.07) is 9.00. The molecule has 4 heteroatoms. The normalized spacial score (nSPS) is 20.2. The fraction of sp³-hybridized carbons (Fsp3) is 0.500. The van der Waals surface area contributed by atoms with Crippen molar-refractivity contribution in [2.24, 2.45) is 0 Å². The molecule has 0 bridgehead atoms. The van der Waals surface area contributed by atoms with Gasteiger partial charge < -0.3 is 10.2 Å². The number of likely N-dealkylation sites (N-methyl/N-ethyl adjacent to an activating group) is 1. The summed E-state index contributed by atoms with van der Waals surface area (Å²) in [5, 5.41) is 4.66. The average Bonchev–Trinajstić information content (AvgIpc) is 2.84. The Hall–Kier alpha value is -1.13. The lowest BCUT2D eigenvalue weighted by Gasteiger charge is -2.33. The van der Waals surface area contributed by atoms with Crippen molar-refractivity contribution in [2.45, 2.75) is 25.8 Å². The number of nitrogens with one attached hydrogen (secondary N) is 1. The van der Waals surface area contributed by atoms with Crippen molar-refractivity contribution in [2.75, 3.05) is 24.5 Å². The minimum Gasteiger partial charge on any atom is -0.344 e. The first kappa shape index (κ1) is 11.9. The molecule has 0 spiro atoms. The number of rotatable bonds is 3. The molecule has 1 saturated heterocycles. The van der Waals surface area contributed by atoms with Gasteiger partial charge in [-0.2, -0.15) is 0 Å². The van der Waals surface area contributed by atoms with Gasteiger partial charge in [0.25, 0.3) is 0 Å². The molecule has 1 aliphatic heterocycles. The van der Waals surface area contributed by atoms with Crippen LogP contribution in [0.25, 0.3) is 10.2 Å². The fourth-order valence-electron chi connectivity index (χ4n) is 2.63. The summed E-state index contributed by atoms with van der Waals surface area (Å²) >= 11 is 1.81. The Morgan fingerprint density at radius 2 is 2.33 bits per heavy atom. The van der Waals surface area contributed by atoms with Crippen molar-refractivity contribution in [3.05, 3.63) is 24.3 Å². The van der Waals surface area contributed by atoms with Crippen LogP contribution < -0.4 is 10.2 Å². The lowest BCUT2D eigenvalue weighted by Crippen LogP contribution is -2.46. The Balaban J connectivity index is 1.90. The van der Waals surface area contributed by atoms with Crippen molar-refractivity contribution in [3.8, 4) is 0 Å². The van der Waals surface area contributed by atoms with Gasteiger partial charge in [0.05, 0.1) is 10.2 Å². The monoisotopic (exact) mass is 261 g/mol. The summed E-state index contributed by atoms with van der Waals surface area (Å²) in [4.78, 5) is 7.23. The van der Waals surface area contributed by atoms with E-state index in [1.165, 1.54) is 22.7 Å². The molecule has 1 unspecified atom stereocenters. The lowest BCUT2D eigenvalue weighted by atomic mass is 10.1. The molecule has 0 amide bonds. The molecule has 1 aromatic carbocycles. The molecule has 0 aliphatic carbocycles. The van der Waals surface area contributed by atoms with E-state index >= 15 is 0 Å². The first-order chi connectivity index (χ1) is 8.88. The number of hydrogen-bond acceptors (Lipinski definition) is 4. The van der Waals surface area contributed by atoms with Crippen LogP contribution in [0.3, 0.4) is 0 Å². The van der Waals surface area contributed by atoms with E-state index in [0.29, 0.717) is 6.04 Å². The van der Waals surface area contributed by atoms with Crippen molar-refractivity contribution in [1.29, 1.82) is 0 Å². The highest BCUT2D eigenvalue weighted by Gasteiger charge is 2.22. The van der Waals surface area contributed by atoms with Crippen molar-refractivity contribution < 1.29 is 0 Å². The van der Waals surface area contributed by atoms with Crippen LogP contribution in [-0.2, 0) is 0 Å². The summed E-state index contributed by atoms with van der Waals surface area (Å²) in [6.07, 6.45) is 2.54. The van der Waals surface area contributed by atoms with E-state index in [2.05, 4.69) is 41.4 Å². The molecule has 1 aromatic heterocycles. The van der Waals surface area contributed by atoms with Gasteiger partial charge in [0.1, 0.15) is 0 Å². The van der Waals surface area contributed by atoms with E-state index in [1.54, 1.807) is 0 Å². The largest absolute Gasteiger partial charge is 0.344 e. The van der Waals surface area contributed by atoms with Crippen LogP contribution in [0.1, 0.15) is 19.8 Å². The van der Waals surface area contributed by atoms with E-state index in [4.69, 9.17) is 4.98 Å². The maximum Gasteiger partial charge on any atom is 0.186 e. The van der Waals surface area contributed by atoms with Crippen LogP contribution in [0.5, 0.6) is 0 Å². The summed E-state index contributed by atoms with van der Waals surface area (Å²) in [5.74, 6) is 0. The third kappa shape index (κ3) is 2.22. The third-order valence-corrected chi connectivity index (χ3v) is 4.65. The second-order valence-electron chi connectivity index (χ2n) is 4.75. The Labute approximate surface area is 112 Å². The highest BCUT2D eigenvalue weighted by molar-refractivity contribution is 7.22. The van der Waals surface area contributed by atoms with Gasteiger partial charge in [-0.3, -0.25) is 0 Å². The minimum absolute atomic E-state index is 0.601. The number of thiazole rings is 1. The molecule has 1 atom stereocenters. The average molecular weight is 261 g/mol. The van der Waals surface area contributed by atoms with E-state index in [1.807, 2.05) is 11.3 Å². The summed E-state index contributed by atoms with van der Waals surface area (Å²) in [5.41, 5.74) is 1.12. The molecule has 2 aromatic rings. The molecular formula is C14H19N3S. The summed E-state index contributed by atoms with van der Waals surface area (Å²) < 4.78 is 1.29. The molecule has 1 fully saturated rings. The van der Waals surface area contributed by atoms with Crippen LogP contribution in [0, 0.1) is 0 Å². The van der Waals surface area contributed by atoms with Gasteiger partial charge in [-0.25, -0.2) is 4.98 Å². The van der Waals surface area contributed by atoms with Crippen molar-refractivity contribution in [1.82, 2.24) is 10.3 Å². The highest BCUT2D eigenvalue weighted by atomic mass is 32.1. The predicted octanol–water partition coefficient (Wildman–Crippen LogP) is 2.87. The molecule has 3 rings (SSSR count). The number of benzene rings is 1. The van der Waals surface area contributed by atoms with Crippen LogP contribution in [0.15, 0.2) is 24.3 Å². The summed E-state index contributed by atoms with van der Waals surface area (Å²) in [7, 11) is 0. The van der Waals surface area contributed by atoms with Gasteiger partial charge in [0.2, 0.25) is 0 Å². The Morgan fingerprint density at radius 1 is 1.44 bits per heavy atom. The molecule has 18 heavy (non-hydrogen) atoms. The zero-order valence-corrected chi connectivity index (χ0v) is 11.5. The molecule has 96 valence electrons. The van der Waals surface area contributed by atoms with Crippen LogP contribution in [0.4, 0.5) is 5.13 Å². The Kier molecular flexibility index (Phi) is 3.48. The number of aromatic nitrogens is 1. The van der Waals surface area contributed by atoms with E-state index in [9.17, 15) is 0 Å². The molecule has 3 nitrogen and oxygen atoms in total. The number of anilines is 1. The van der Waals surface area contributed by atoms with Gasteiger partial charge in [-0.15, -0.1) is 0 Å². The minimum atomic E-state index is 0.601. The number of piperidine rings is 1. The smallest absolute Gasteiger partial charge is 0.186 e. The SMILES string of the molecule is CCN(c1nc2ccccc2s1)C1CCCNC1.